The summed E-state index contributed by atoms with van der Waals surface area (Å²) >= 11 is 3.47. The number of aromatic nitrogens is 2. The molecule has 5 heteroatoms. The molecule has 104 valence electrons. The van der Waals surface area contributed by atoms with E-state index in [1.54, 1.807) is 0 Å². The van der Waals surface area contributed by atoms with Crippen molar-refractivity contribution in [3.8, 4) is 23.8 Å². The number of nitrogens with zero attached hydrogens (tertiary/aromatic N) is 2. The Morgan fingerprint density at radius 1 is 1.40 bits per heavy atom. The van der Waals surface area contributed by atoms with Gasteiger partial charge in [-0.05, 0) is 34.5 Å². The van der Waals surface area contributed by atoms with Crippen LogP contribution < -0.4 is 5.32 Å². The molecule has 1 atom stereocenters. The number of halogens is 1. The molecule has 0 saturated heterocycles. The number of benzene rings is 1. The topological polar surface area (TPSA) is 51.0 Å². The molecule has 1 heterocycles. The van der Waals surface area contributed by atoms with E-state index < -0.39 is 0 Å². The maximum absolute atomic E-state index is 5.66. The van der Waals surface area contributed by atoms with Gasteiger partial charge < -0.3 is 9.73 Å². The Hall–Kier alpha value is -1.64. The van der Waals surface area contributed by atoms with Crippen molar-refractivity contribution in [2.45, 2.75) is 32.4 Å². The molecule has 1 unspecified atom stereocenters. The molecular formula is C15H16BrN3O. The van der Waals surface area contributed by atoms with Crippen LogP contribution in [0.4, 0.5) is 0 Å². The van der Waals surface area contributed by atoms with Gasteiger partial charge in [0.25, 0.3) is 0 Å². The van der Waals surface area contributed by atoms with Gasteiger partial charge in [0.1, 0.15) is 0 Å². The summed E-state index contributed by atoms with van der Waals surface area (Å²) in [5, 5.41) is 11.4. The molecule has 2 aromatic rings. The molecular weight excluding hydrogens is 318 g/mol. The summed E-state index contributed by atoms with van der Waals surface area (Å²) < 4.78 is 6.59. The van der Waals surface area contributed by atoms with E-state index in [0.717, 1.165) is 16.5 Å². The van der Waals surface area contributed by atoms with Crippen LogP contribution in [-0.4, -0.2) is 16.2 Å². The highest BCUT2D eigenvalue weighted by Gasteiger charge is 2.12. The Bertz CT molecular complexity index is 603. The van der Waals surface area contributed by atoms with Crippen LogP contribution in [0.15, 0.2) is 33.2 Å². The molecule has 0 aliphatic rings. The smallest absolute Gasteiger partial charge is 0.248 e. The van der Waals surface area contributed by atoms with E-state index in [9.17, 15) is 0 Å². The maximum atomic E-state index is 5.66. The first-order valence-corrected chi connectivity index (χ1v) is 7.28. The lowest BCUT2D eigenvalue weighted by atomic mass is 10.1. The first kappa shape index (κ1) is 14.8. The molecule has 0 spiro atoms. The summed E-state index contributed by atoms with van der Waals surface area (Å²) in [4.78, 5) is 0. The fraction of sp³-hybridized carbons (Fsp3) is 0.333. The van der Waals surface area contributed by atoms with Crippen molar-refractivity contribution in [2.75, 3.05) is 0 Å². The Labute approximate surface area is 127 Å². The van der Waals surface area contributed by atoms with E-state index in [1.807, 2.05) is 24.3 Å². The highest BCUT2D eigenvalue weighted by Crippen LogP contribution is 2.26. The normalized spacial score (nSPS) is 12.1. The fourth-order valence-electron chi connectivity index (χ4n) is 1.80. The minimum Gasteiger partial charge on any atom is -0.419 e. The second kappa shape index (κ2) is 7.22. The highest BCUT2D eigenvalue weighted by molar-refractivity contribution is 9.10. The predicted molar refractivity (Wildman–Crippen MR) is 81.8 cm³/mol. The standard InChI is InChI=1S/C15H16BrN3O/c1-3-7-11(4-2)17-10-14-18-19-15(20-14)12-8-5-6-9-13(12)16/h1,5-6,8-9,11,17H,4,7,10H2,2H3. The maximum Gasteiger partial charge on any atom is 0.248 e. The van der Waals surface area contributed by atoms with Crippen LogP contribution >= 0.6 is 15.9 Å². The van der Waals surface area contributed by atoms with Crippen molar-refractivity contribution >= 4 is 15.9 Å². The van der Waals surface area contributed by atoms with Crippen LogP contribution in [0.25, 0.3) is 11.5 Å². The number of hydrogen-bond donors (Lipinski definition) is 1. The molecule has 2 rings (SSSR count). The fourth-order valence-corrected chi connectivity index (χ4v) is 2.26. The zero-order valence-corrected chi connectivity index (χ0v) is 12.9. The van der Waals surface area contributed by atoms with Crippen molar-refractivity contribution in [1.82, 2.24) is 15.5 Å². The Morgan fingerprint density at radius 2 is 2.20 bits per heavy atom. The van der Waals surface area contributed by atoms with Gasteiger partial charge >= 0.3 is 0 Å². The molecule has 0 amide bonds. The van der Waals surface area contributed by atoms with Crippen LogP contribution in [0, 0.1) is 12.3 Å². The molecule has 1 aromatic carbocycles. The summed E-state index contributed by atoms with van der Waals surface area (Å²) in [6.45, 7) is 2.62. The number of hydrogen-bond acceptors (Lipinski definition) is 4. The quantitative estimate of drug-likeness (QED) is 0.823. The molecule has 0 fully saturated rings. The van der Waals surface area contributed by atoms with Gasteiger partial charge in [0, 0.05) is 16.9 Å². The van der Waals surface area contributed by atoms with E-state index in [4.69, 9.17) is 10.8 Å². The van der Waals surface area contributed by atoms with E-state index in [0.29, 0.717) is 24.7 Å². The van der Waals surface area contributed by atoms with Crippen LogP contribution in [0.3, 0.4) is 0 Å². The minimum atomic E-state index is 0.277. The van der Waals surface area contributed by atoms with Crippen molar-refractivity contribution in [1.29, 1.82) is 0 Å². The lowest BCUT2D eigenvalue weighted by molar-refractivity contribution is 0.433. The van der Waals surface area contributed by atoms with Crippen LogP contribution in [0.1, 0.15) is 25.7 Å². The van der Waals surface area contributed by atoms with Gasteiger partial charge in [-0.15, -0.1) is 22.5 Å². The zero-order valence-electron chi connectivity index (χ0n) is 11.3. The largest absolute Gasteiger partial charge is 0.419 e. The summed E-state index contributed by atoms with van der Waals surface area (Å²) in [5.74, 6) is 3.73. The van der Waals surface area contributed by atoms with Gasteiger partial charge in [0.05, 0.1) is 12.1 Å². The third-order valence-electron chi connectivity index (χ3n) is 2.97. The van der Waals surface area contributed by atoms with E-state index in [1.165, 1.54) is 0 Å². The lowest BCUT2D eigenvalue weighted by Gasteiger charge is -2.11. The summed E-state index contributed by atoms with van der Waals surface area (Å²) in [6.07, 6.45) is 6.99. The van der Waals surface area contributed by atoms with Gasteiger partial charge in [-0.25, -0.2) is 0 Å². The molecule has 0 bridgehead atoms. The Balaban J connectivity index is 2.03. The zero-order chi connectivity index (χ0) is 14.4. The summed E-state index contributed by atoms with van der Waals surface area (Å²) in [5.41, 5.74) is 0.891. The summed E-state index contributed by atoms with van der Waals surface area (Å²) in [7, 11) is 0. The average Bonchev–Trinajstić information content (AvgIpc) is 2.92. The third-order valence-corrected chi connectivity index (χ3v) is 3.66. The van der Waals surface area contributed by atoms with Crippen molar-refractivity contribution in [2.24, 2.45) is 0 Å². The number of rotatable bonds is 6. The highest BCUT2D eigenvalue weighted by atomic mass is 79.9. The summed E-state index contributed by atoms with van der Waals surface area (Å²) in [6, 6.07) is 8.03. The van der Waals surface area contributed by atoms with Crippen LogP contribution in [-0.2, 0) is 6.54 Å². The van der Waals surface area contributed by atoms with Gasteiger partial charge in [0.15, 0.2) is 0 Å². The van der Waals surface area contributed by atoms with Crippen molar-refractivity contribution < 1.29 is 4.42 Å². The van der Waals surface area contributed by atoms with E-state index in [-0.39, 0.29) is 6.04 Å². The first-order chi connectivity index (χ1) is 9.74. The first-order valence-electron chi connectivity index (χ1n) is 6.48. The second-order valence-electron chi connectivity index (χ2n) is 4.38. The van der Waals surface area contributed by atoms with Gasteiger partial charge in [-0.2, -0.15) is 0 Å². The molecule has 0 radical (unpaired) electrons. The van der Waals surface area contributed by atoms with Crippen molar-refractivity contribution in [3.63, 3.8) is 0 Å². The Kier molecular flexibility index (Phi) is 5.33. The second-order valence-corrected chi connectivity index (χ2v) is 5.23. The van der Waals surface area contributed by atoms with Gasteiger partial charge in [-0.1, -0.05) is 19.1 Å². The molecule has 0 saturated carbocycles. The predicted octanol–water partition coefficient (Wildman–Crippen LogP) is 3.39. The monoisotopic (exact) mass is 333 g/mol. The lowest BCUT2D eigenvalue weighted by Crippen LogP contribution is -2.27. The molecule has 20 heavy (non-hydrogen) atoms. The number of nitrogens with one attached hydrogen (secondary N) is 1. The van der Waals surface area contributed by atoms with Gasteiger partial charge in [0.2, 0.25) is 11.8 Å². The Morgan fingerprint density at radius 3 is 2.90 bits per heavy atom. The third kappa shape index (κ3) is 3.69. The molecule has 0 aliphatic carbocycles. The van der Waals surface area contributed by atoms with E-state index in [2.05, 4.69) is 44.3 Å². The van der Waals surface area contributed by atoms with Gasteiger partial charge in [-0.3, -0.25) is 0 Å². The SMILES string of the molecule is C#CCC(CC)NCc1nnc(-c2ccccc2Br)o1. The molecule has 0 aliphatic heterocycles. The average molecular weight is 334 g/mol. The van der Waals surface area contributed by atoms with Crippen LogP contribution in [0.2, 0.25) is 0 Å². The molecule has 4 nitrogen and oxygen atoms in total. The molecule has 1 N–H and O–H groups in total. The van der Waals surface area contributed by atoms with E-state index >= 15 is 0 Å². The number of terminal acetylenes is 1. The van der Waals surface area contributed by atoms with Crippen LogP contribution in [0.5, 0.6) is 0 Å². The van der Waals surface area contributed by atoms with Crippen molar-refractivity contribution in [3.05, 3.63) is 34.6 Å². The minimum absolute atomic E-state index is 0.277. The molecule has 1 aromatic heterocycles.